The molecule has 0 saturated carbocycles. The first-order valence-electron chi connectivity index (χ1n) is 6.12. The van der Waals surface area contributed by atoms with Crippen molar-refractivity contribution in [2.24, 2.45) is 5.92 Å². The topological polar surface area (TPSA) is 57.8 Å². The molecule has 1 N–H and O–H groups in total. The van der Waals surface area contributed by atoms with Gasteiger partial charge in [0.05, 0.1) is 17.3 Å². The third-order valence-corrected chi connectivity index (χ3v) is 3.49. The Hall–Kier alpha value is -1.88. The Kier molecular flexibility index (Phi) is 2.76. The van der Waals surface area contributed by atoms with Gasteiger partial charge in [-0.05, 0) is 18.6 Å². The molecule has 0 radical (unpaired) electrons. The third kappa shape index (κ3) is 1.76. The minimum absolute atomic E-state index is 0.00662. The number of fused-ring (bicyclic) bond motifs is 1. The molecule has 1 saturated heterocycles. The van der Waals surface area contributed by atoms with Crippen LogP contribution in [-0.2, 0) is 0 Å². The summed E-state index contributed by atoms with van der Waals surface area (Å²) in [7, 11) is 0. The molecular formula is C13H15N3O2. The van der Waals surface area contributed by atoms with E-state index >= 15 is 0 Å². The quantitative estimate of drug-likeness (QED) is 0.851. The number of carbonyl (C=O) groups excluding carboxylic acids is 1. The number of hydrogen-bond donors (Lipinski definition) is 1. The first-order chi connectivity index (χ1) is 8.79. The van der Waals surface area contributed by atoms with Crippen LogP contribution in [0.15, 0.2) is 30.6 Å². The Balaban J connectivity index is 1.89. The predicted octanol–water partition coefficient (Wildman–Crippen LogP) is 0.789. The minimum Gasteiger partial charge on any atom is -0.396 e. The van der Waals surface area contributed by atoms with Gasteiger partial charge in [-0.3, -0.25) is 4.79 Å². The number of carbonyl (C=O) groups is 1. The molecule has 2 aromatic heterocycles. The van der Waals surface area contributed by atoms with E-state index in [1.807, 2.05) is 24.4 Å². The van der Waals surface area contributed by atoms with E-state index in [1.165, 1.54) is 0 Å². The van der Waals surface area contributed by atoms with Crippen LogP contribution in [0.3, 0.4) is 0 Å². The molecule has 0 spiro atoms. The van der Waals surface area contributed by atoms with Gasteiger partial charge in [-0.2, -0.15) is 5.10 Å². The molecule has 0 aromatic carbocycles. The van der Waals surface area contributed by atoms with E-state index in [0.717, 1.165) is 11.9 Å². The Morgan fingerprint density at radius 1 is 1.50 bits per heavy atom. The molecular weight excluding hydrogens is 230 g/mol. The van der Waals surface area contributed by atoms with Gasteiger partial charge < -0.3 is 10.0 Å². The molecule has 1 aliphatic heterocycles. The van der Waals surface area contributed by atoms with Crippen molar-refractivity contribution in [3.8, 4) is 0 Å². The lowest BCUT2D eigenvalue weighted by Gasteiger charge is -2.15. The highest BCUT2D eigenvalue weighted by molar-refractivity contribution is 6.00. The van der Waals surface area contributed by atoms with Gasteiger partial charge in [-0.15, -0.1) is 0 Å². The largest absolute Gasteiger partial charge is 0.396 e. The number of likely N-dealkylation sites (tertiary alicyclic amines) is 1. The first kappa shape index (κ1) is 11.2. The number of hydrogen-bond acceptors (Lipinski definition) is 3. The van der Waals surface area contributed by atoms with Crippen LogP contribution in [0.1, 0.15) is 16.8 Å². The van der Waals surface area contributed by atoms with Gasteiger partial charge in [0.15, 0.2) is 0 Å². The van der Waals surface area contributed by atoms with Crippen molar-refractivity contribution in [1.29, 1.82) is 0 Å². The second-order valence-corrected chi connectivity index (χ2v) is 4.68. The summed E-state index contributed by atoms with van der Waals surface area (Å²) in [6.07, 6.45) is 4.32. The van der Waals surface area contributed by atoms with E-state index in [2.05, 4.69) is 5.10 Å². The lowest BCUT2D eigenvalue weighted by molar-refractivity contribution is 0.0784. The van der Waals surface area contributed by atoms with Crippen LogP contribution in [-0.4, -0.2) is 45.2 Å². The highest BCUT2D eigenvalue weighted by Gasteiger charge is 2.27. The molecule has 3 rings (SSSR count). The summed E-state index contributed by atoms with van der Waals surface area (Å²) < 4.78 is 1.70. The molecule has 1 unspecified atom stereocenters. The number of rotatable bonds is 2. The Morgan fingerprint density at radius 2 is 2.39 bits per heavy atom. The van der Waals surface area contributed by atoms with Crippen LogP contribution in [0, 0.1) is 5.92 Å². The lowest BCUT2D eigenvalue weighted by atomic mass is 10.1. The van der Waals surface area contributed by atoms with E-state index in [4.69, 9.17) is 5.11 Å². The van der Waals surface area contributed by atoms with Gasteiger partial charge in [0.25, 0.3) is 5.91 Å². The number of aliphatic hydroxyl groups is 1. The molecule has 1 aliphatic rings. The maximum Gasteiger partial charge on any atom is 0.257 e. The smallest absolute Gasteiger partial charge is 0.257 e. The minimum atomic E-state index is 0.00662. The number of amides is 1. The number of aliphatic hydroxyl groups excluding tert-OH is 1. The van der Waals surface area contributed by atoms with Gasteiger partial charge in [-0.25, -0.2) is 4.52 Å². The van der Waals surface area contributed by atoms with Gasteiger partial charge in [0, 0.05) is 31.8 Å². The van der Waals surface area contributed by atoms with Gasteiger partial charge >= 0.3 is 0 Å². The molecule has 1 atom stereocenters. The first-order valence-corrected chi connectivity index (χ1v) is 6.12. The summed E-state index contributed by atoms with van der Waals surface area (Å²) in [5.74, 6) is 0.225. The Labute approximate surface area is 105 Å². The molecule has 1 amide bonds. The normalized spacial score (nSPS) is 19.6. The van der Waals surface area contributed by atoms with E-state index in [1.54, 1.807) is 15.6 Å². The zero-order valence-corrected chi connectivity index (χ0v) is 9.99. The second-order valence-electron chi connectivity index (χ2n) is 4.68. The van der Waals surface area contributed by atoms with Crippen molar-refractivity contribution in [1.82, 2.24) is 14.5 Å². The zero-order valence-electron chi connectivity index (χ0n) is 9.99. The number of nitrogens with zero attached hydrogens (tertiary/aromatic N) is 3. The van der Waals surface area contributed by atoms with E-state index < -0.39 is 0 Å². The monoisotopic (exact) mass is 245 g/mol. The Bertz CT molecular complexity index is 578. The molecule has 5 nitrogen and oxygen atoms in total. The van der Waals surface area contributed by atoms with Gasteiger partial charge in [0.2, 0.25) is 0 Å². The standard InChI is InChI=1S/C13H15N3O2/c17-9-10-4-6-15(8-10)13(18)11-7-14-16-5-2-1-3-12(11)16/h1-3,5,7,10,17H,4,6,8-9H2. The SMILES string of the molecule is O=C(c1cnn2ccccc12)N1CCC(CO)C1. The van der Waals surface area contributed by atoms with Crippen molar-refractivity contribution in [3.63, 3.8) is 0 Å². The van der Waals surface area contributed by atoms with Crippen molar-refractivity contribution in [2.45, 2.75) is 6.42 Å². The lowest BCUT2D eigenvalue weighted by Crippen LogP contribution is -2.29. The summed E-state index contributed by atoms with van der Waals surface area (Å²) >= 11 is 0. The van der Waals surface area contributed by atoms with E-state index in [9.17, 15) is 4.79 Å². The molecule has 0 aliphatic carbocycles. The summed E-state index contributed by atoms with van der Waals surface area (Å²) in [6, 6.07) is 5.67. The molecule has 0 bridgehead atoms. The summed E-state index contributed by atoms with van der Waals surface area (Å²) in [5.41, 5.74) is 1.46. The van der Waals surface area contributed by atoms with E-state index in [0.29, 0.717) is 18.7 Å². The highest BCUT2D eigenvalue weighted by atomic mass is 16.3. The van der Waals surface area contributed by atoms with Crippen LogP contribution >= 0.6 is 0 Å². The zero-order chi connectivity index (χ0) is 12.5. The number of pyridine rings is 1. The van der Waals surface area contributed by atoms with Gasteiger partial charge in [-0.1, -0.05) is 6.07 Å². The van der Waals surface area contributed by atoms with Crippen LogP contribution in [0.4, 0.5) is 0 Å². The molecule has 2 aromatic rings. The molecule has 94 valence electrons. The van der Waals surface area contributed by atoms with Crippen LogP contribution in [0.5, 0.6) is 0 Å². The second kappa shape index (κ2) is 4.42. The van der Waals surface area contributed by atoms with Crippen molar-refractivity contribution in [3.05, 3.63) is 36.2 Å². The average molecular weight is 245 g/mol. The molecule has 3 heterocycles. The van der Waals surface area contributed by atoms with Crippen molar-refractivity contribution >= 4 is 11.4 Å². The maximum absolute atomic E-state index is 12.4. The van der Waals surface area contributed by atoms with Crippen LogP contribution < -0.4 is 0 Å². The average Bonchev–Trinajstić information content (AvgIpc) is 3.04. The Morgan fingerprint density at radius 3 is 3.17 bits per heavy atom. The van der Waals surface area contributed by atoms with Crippen molar-refractivity contribution < 1.29 is 9.90 Å². The summed E-state index contributed by atoms with van der Waals surface area (Å²) in [4.78, 5) is 14.2. The van der Waals surface area contributed by atoms with Gasteiger partial charge in [0.1, 0.15) is 0 Å². The number of aromatic nitrogens is 2. The highest BCUT2D eigenvalue weighted by Crippen LogP contribution is 2.20. The fourth-order valence-electron chi connectivity index (χ4n) is 2.44. The maximum atomic E-state index is 12.4. The van der Waals surface area contributed by atoms with Crippen LogP contribution in [0.2, 0.25) is 0 Å². The molecule has 18 heavy (non-hydrogen) atoms. The summed E-state index contributed by atoms with van der Waals surface area (Å²) in [5, 5.41) is 13.3. The molecule has 5 heteroatoms. The predicted molar refractivity (Wildman–Crippen MR) is 66.3 cm³/mol. The fourth-order valence-corrected chi connectivity index (χ4v) is 2.44. The molecule has 1 fully saturated rings. The third-order valence-electron chi connectivity index (χ3n) is 3.49. The van der Waals surface area contributed by atoms with E-state index in [-0.39, 0.29) is 18.4 Å². The van der Waals surface area contributed by atoms with Crippen molar-refractivity contribution in [2.75, 3.05) is 19.7 Å². The van der Waals surface area contributed by atoms with Crippen LogP contribution in [0.25, 0.3) is 5.52 Å². The fraction of sp³-hybridized carbons (Fsp3) is 0.385. The summed E-state index contributed by atoms with van der Waals surface area (Å²) in [6.45, 7) is 1.51.